The minimum absolute atomic E-state index is 0. The van der Waals surface area contributed by atoms with Crippen LogP contribution in [0.25, 0.3) is 0 Å². The Morgan fingerprint density at radius 2 is 2.12 bits per heavy atom. The number of halogens is 1. The van der Waals surface area contributed by atoms with Crippen molar-refractivity contribution >= 4 is 30.1 Å². The highest BCUT2D eigenvalue weighted by Gasteiger charge is 2.32. The summed E-state index contributed by atoms with van der Waals surface area (Å²) < 4.78 is 5.47. The third-order valence-corrected chi connectivity index (χ3v) is 4.25. The minimum Gasteiger partial charge on any atom is -0.381 e. The minimum atomic E-state index is -0.427. The molecule has 1 atom stereocenters. The van der Waals surface area contributed by atoms with Crippen molar-refractivity contribution in [3.8, 4) is 0 Å². The Morgan fingerprint density at radius 1 is 1.56 bits per heavy atom. The lowest BCUT2D eigenvalue weighted by atomic mass is 9.99. The number of carbonyl (C=O) groups excluding carboxylic acids is 1. The second-order valence-electron chi connectivity index (χ2n) is 4.01. The van der Waals surface area contributed by atoms with Crippen LogP contribution < -0.4 is 11.1 Å². The molecule has 1 amide bonds. The van der Waals surface area contributed by atoms with E-state index in [1.54, 1.807) is 6.92 Å². The molecule has 1 rings (SSSR count). The molecular weight excluding hydrogens is 248 g/mol. The first-order chi connectivity index (χ1) is 7.09. The Balaban J connectivity index is 0.00000225. The molecular formula is C10H21ClN2O2S. The zero-order valence-corrected chi connectivity index (χ0v) is 11.5. The highest BCUT2D eigenvalue weighted by atomic mass is 35.5. The summed E-state index contributed by atoms with van der Waals surface area (Å²) in [6, 6.07) is -0.427. The van der Waals surface area contributed by atoms with Crippen molar-refractivity contribution in [2.45, 2.75) is 30.6 Å². The summed E-state index contributed by atoms with van der Waals surface area (Å²) in [5.74, 6) is -0.0742. The highest BCUT2D eigenvalue weighted by molar-refractivity contribution is 8.00. The maximum atomic E-state index is 11.4. The van der Waals surface area contributed by atoms with E-state index in [0.29, 0.717) is 6.54 Å². The first-order valence-corrected chi connectivity index (χ1v) is 6.48. The number of nitrogens with two attached hydrogens (primary N) is 1. The van der Waals surface area contributed by atoms with Crippen LogP contribution in [0.1, 0.15) is 19.8 Å². The van der Waals surface area contributed by atoms with Crippen molar-refractivity contribution in [1.82, 2.24) is 5.32 Å². The van der Waals surface area contributed by atoms with Gasteiger partial charge in [0.1, 0.15) is 0 Å². The summed E-state index contributed by atoms with van der Waals surface area (Å²) >= 11 is 1.81. The molecule has 3 N–H and O–H groups in total. The number of hydrogen-bond acceptors (Lipinski definition) is 4. The van der Waals surface area contributed by atoms with Crippen molar-refractivity contribution in [3.05, 3.63) is 0 Å². The van der Waals surface area contributed by atoms with Gasteiger partial charge in [0, 0.05) is 24.5 Å². The van der Waals surface area contributed by atoms with Crippen molar-refractivity contribution < 1.29 is 9.53 Å². The van der Waals surface area contributed by atoms with Gasteiger partial charge in [-0.3, -0.25) is 4.79 Å². The molecule has 4 nitrogen and oxygen atoms in total. The van der Waals surface area contributed by atoms with E-state index in [9.17, 15) is 4.79 Å². The Kier molecular flexibility index (Phi) is 7.39. The van der Waals surface area contributed by atoms with Crippen molar-refractivity contribution in [2.24, 2.45) is 5.73 Å². The first kappa shape index (κ1) is 16.0. The predicted molar refractivity (Wildman–Crippen MR) is 70.2 cm³/mol. The van der Waals surface area contributed by atoms with Crippen LogP contribution in [0.4, 0.5) is 0 Å². The zero-order valence-electron chi connectivity index (χ0n) is 9.82. The fourth-order valence-electron chi connectivity index (χ4n) is 1.61. The number of nitrogens with one attached hydrogen (secondary N) is 1. The molecule has 1 fully saturated rings. The Labute approximate surface area is 107 Å². The van der Waals surface area contributed by atoms with Gasteiger partial charge in [-0.15, -0.1) is 12.4 Å². The molecule has 1 aliphatic heterocycles. The van der Waals surface area contributed by atoms with E-state index in [1.807, 2.05) is 11.8 Å². The molecule has 1 saturated heterocycles. The summed E-state index contributed by atoms with van der Waals surface area (Å²) in [6.45, 7) is 3.97. The van der Waals surface area contributed by atoms with Gasteiger partial charge >= 0.3 is 0 Å². The molecule has 16 heavy (non-hydrogen) atoms. The number of hydrogen-bond donors (Lipinski definition) is 2. The third-order valence-electron chi connectivity index (χ3n) is 2.84. The standard InChI is InChI=1S/C10H20N2O2S.ClH/c1-8(11)9(13)12-7-10(15-2)3-5-14-6-4-10;/h8H,3-7,11H2,1-2H3,(H,12,13);1H/t8-;/m1./s1. The summed E-state index contributed by atoms with van der Waals surface area (Å²) in [5, 5.41) is 2.90. The van der Waals surface area contributed by atoms with E-state index in [0.717, 1.165) is 26.1 Å². The SMILES string of the molecule is CSC1(CNC(=O)[C@@H](C)N)CCOCC1.Cl. The molecule has 0 aliphatic carbocycles. The fraction of sp³-hybridized carbons (Fsp3) is 0.900. The molecule has 0 bridgehead atoms. The molecule has 0 aromatic heterocycles. The number of rotatable bonds is 4. The van der Waals surface area contributed by atoms with Crippen molar-refractivity contribution in [3.63, 3.8) is 0 Å². The number of amides is 1. The molecule has 96 valence electrons. The highest BCUT2D eigenvalue weighted by Crippen LogP contribution is 2.32. The number of carbonyl (C=O) groups is 1. The zero-order chi connectivity index (χ0) is 11.3. The molecule has 6 heteroatoms. The van der Waals surface area contributed by atoms with E-state index in [-0.39, 0.29) is 23.1 Å². The van der Waals surface area contributed by atoms with Crippen LogP contribution in [0.2, 0.25) is 0 Å². The van der Waals surface area contributed by atoms with Crippen LogP contribution in [0.5, 0.6) is 0 Å². The quantitative estimate of drug-likeness (QED) is 0.791. The van der Waals surface area contributed by atoms with E-state index in [2.05, 4.69) is 11.6 Å². The van der Waals surface area contributed by atoms with Gasteiger partial charge in [-0.25, -0.2) is 0 Å². The Bertz CT molecular complexity index is 221. The molecule has 1 aliphatic rings. The second kappa shape index (κ2) is 7.37. The van der Waals surface area contributed by atoms with E-state index in [4.69, 9.17) is 10.5 Å². The van der Waals surface area contributed by atoms with E-state index < -0.39 is 6.04 Å². The third kappa shape index (κ3) is 4.49. The van der Waals surface area contributed by atoms with Gasteiger partial charge in [0.05, 0.1) is 6.04 Å². The largest absolute Gasteiger partial charge is 0.381 e. The summed E-state index contributed by atoms with van der Waals surface area (Å²) in [7, 11) is 0. The van der Waals surface area contributed by atoms with Crippen LogP contribution in [-0.2, 0) is 9.53 Å². The molecule has 0 aromatic carbocycles. The van der Waals surface area contributed by atoms with Crippen LogP contribution in [-0.4, -0.2) is 42.7 Å². The Hall–Kier alpha value is 0.0300. The van der Waals surface area contributed by atoms with Gasteiger partial charge < -0.3 is 15.8 Å². The molecule has 0 spiro atoms. The average Bonchev–Trinajstić information content (AvgIpc) is 2.27. The monoisotopic (exact) mass is 268 g/mol. The van der Waals surface area contributed by atoms with E-state index >= 15 is 0 Å². The topological polar surface area (TPSA) is 64.4 Å². The maximum Gasteiger partial charge on any atom is 0.236 e. The molecule has 0 saturated carbocycles. The fourth-order valence-corrected chi connectivity index (χ4v) is 2.40. The lowest BCUT2D eigenvalue weighted by molar-refractivity contribution is -0.122. The van der Waals surface area contributed by atoms with Gasteiger partial charge in [0.25, 0.3) is 0 Å². The van der Waals surface area contributed by atoms with Crippen molar-refractivity contribution in [2.75, 3.05) is 26.0 Å². The Morgan fingerprint density at radius 3 is 2.56 bits per heavy atom. The van der Waals surface area contributed by atoms with Crippen LogP contribution >= 0.6 is 24.2 Å². The molecule has 1 heterocycles. The van der Waals surface area contributed by atoms with Gasteiger partial charge in [0.15, 0.2) is 0 Å². The normalized spacial score (nSPS) is 20.7. The molecule has 0 aromatic rings. The summed E-state index contributed by atoms with van der Waals surface area (Å²) in [6.07, 6.45) is 4.07. The van der Waals surface area contributed by atoms with Crippen LogP contribution in [0, 0.1) is 0 Å². The predicted octanol–water partition coefficient (Wildman–Crippen LogP) is 0.784. The lowest BCUT2D eigenvalue weighted by Gasteiger charge is -2.35. The van der Waals surface area contributed by atoms with Gasteiger partial charge in [0.2, 0.25) is 5.91 Å². The summed E-state index contributed by atoms with van der Waals surface area (Å²) in [4.78, 5) is 11.4. The van der Waals surface area contributed by atoms with Gasteiger partial charge in [-0.2, -0.15) is 11.8 Å². The summed E-state index contributed by atoms with van der Waals surface area (Å²) in [5.41, 5.74) is 5.49. The number of ether oxygens (including phenoxy) is 1. The van der Waals surface area contributed by atoms with Crippen molar-refractivity contribution in [1.29, 1.82) is 0 Å². The smallest absolute Gasteiger partial charge is 0.236 e. The lowest BCUT2D eigenvalue weighted by Crippen LogP contribution is -2.48. The van der Waals surface area contributed by atoms with Crippen LogP contribution in [0.15, 0.2) is 0 Å². The number of thioether (sulfide) groups is 1. The van der Waals surface area contributed by atoms with Gasteiger partial charge in [-0.1, -0.05) is 0 Å². The van der Waals surface area contributed by atoms with Crippen LogP contribution in [0.3, 0.4) is 0 Å². The second-order valence-corrected chi connectivity index (χ2v) is 5.28. The average molecular weight is 269 g/mol. The molecule has 0 radical (unpaired) electrons. The maximum absolute atomic E-state index is 11.4. The van der Waals surface area contributed by atoms with E-state index in [1.165, 1.54) is 0 Å². The van der Waals surface area contributed by atoms with Gasteiger partial charge in [-0.05, 0) is 26.0 Å². The molecule has 0 unspecified atom stereocenters. The first-order valence-electron chi connectivity index (χ1n) is 5.26.